The zero-order valence-corrected chi connectivity index (χ0v) is 10.3. The number of hydrogen-bond donors (Lipinski definition) is 0. The molecule has 2 atom stereocenters. The van der Waals surface area contributed by atoms with E-state index in [-0.39, 0.29) is 10.8 Å². The normalized spacial score (nSPS) is 17.0. The smallest absolute Gasteiger partial charge is 0.230 e. The molecule has 0 aromatic carbocycles. The summed E-state index contributed by atoms with van der Waals surface area (Å²) in [6.45, 7) is 3.51. The van der Waals surface area contributed by atoms with Crippen LogP contribution in [0.3, 0.4) is 0 Å². The van der Waals surface area contributed by atoms with Crippen LogP contribution in [0.2, 0.25) is 0 Å². The van der Waals surface area contributed by atoms with Crippen LogP contribution in [0.4, 0.5) is 0 Å². The van der Waals surface area contributed by atoms with Gasteiger partial charge in [0.05, 0.1) is 10.8 Å². The molecule has 0 amide bonds. The van der Waals surface area contributed by atoms with E-state index in [1.807, 2.05) is 0 Å². The molecule has 0 aromatic rings. The van der Waals surface area contributed by atoms with Crippen LogP contribution in [0.15, 0.2) is 24.7 Å². The zero-order chi connectivity index (χ0) is 11.0. The van der Waals surface area contributed by atoms with Gasteiger partial charge in [0, 0.05) is 4.57 Å². The highest BCUT2D eigenvalue weighted by Gasteiger charge is 2.17. The number of allylic oxidation sites excluding steroid dienone is 2. The number of alkyl halides is 2. The lowest BCUT2D eigenvalue weighted by atomic mass is 10.5. The number of halogens is 2. The SMILES string of the molecule is CC(Cl)C=CO[P+](=O)OC=CC(C)Cl. The van der Waals surface area contributed by atoms with Gasteiger partial charge in [0.1, 0.15) is 0 Å². The third-order valence-electron chi connectivity index (χ3n) is 0.981. The fraction of sp³-hybridized carbons (Fsp3) is 0.500. The minimum absolute atomic E-state index is 0.170. The predicted molar refractivity (Wildman–Crippen MR) is 58.7 cm³/mol. The Labute approximate surface area is 94.6 Å². The molecule has 0 aliphatic rings. The summed E-state index contributed by atoms with van der Waals surface area (Å²) in [4.78, 5) is 0. The van der Waals surface area contributed by atoms with Crippen molar-refractivity contribution in [1.82, 2.24) is 0 Å². The Bertz CT molecular complexity index is 205. The first-order valence-electron chi connectivity index (χ1n) is 3.94. The highest BCUT2D eigenvalue weighted by molar-refractivity contribution is 7.33. The van der Waals surface area contributed by atoms with Crippen molar-refractivity contribution in [3.05, 3.63) is 24.7 Å². The highest BCUT2D eigenvalue weighted by Crippen LogP contribution is 2.24. The number of rotatable bonds is 6. The first kappa shape index (κ1) is 13.8. The van der Waals surface area contributed by atoms with Crippen molar-refractivity contribution in [3.8, 4) is 0 Å². The van der Waals surface area contributed by atoms with Gasteiger partial charge in [-0.2, -0.15) is 0 Å². The standard InChI is InChI=1S/C8H12Cl2O3P/c1-7(9)3-5-12-14(11)13-6-4-8(2)10/h3-8H,1-2H3/q+1. The molecule has 0 radical (unpaired) electrons. The van der Waals surface area contributed by atoms with Crippen LogP contribution in [-0.4, -0.2) is 10.8 Å². The van der Waals surface area contributed by atoms with Crippen molar-refractivity contribution in [2.45, 2.75) is 24.6 Å². The van der Waals surface area contributed by atoms with Crippen molar-refractivity contribution in [3.63, 3.8) is 0 Å². The van der Waals surface area contributed by atoms with E-state index < -0.39 is 8.25 Å². The third-order valence-corrected chi connectivity index (χ3v) is 1.86. The molecule has 0 N–H and O–H groups in total. The molecule has 0 saturated heterocycles. The number of hydrogen-bond acceptors (Lipinski definition) is 3. The molecule has 14 heavy (non-hydrogen) atoms. The largest absolute Gasteiger partial charge is 0.804 e. The third kappa shape index (κ3) is 9.85. The maximum absolute atomic E-state index is 10.9. The lowest BCUT2D eigenvalue weighted by Crippen LogP contribution is -1.82. The zero-order valence-electron chi connectivity index (χ0n) is 7.89. The summed E-state index contributed by atoms with van der Waals surface area (Å²) >= 11 is 11.1. The van der Waals surface area contributed by atoms with Crippen LogP contribution < -0.4 is 0 Å². The quantitative estimate of drug-likeness (QED) is 0.411. The first-order valence-corrected chi connectivity index (χ1v) is 5.91. The van der Waals surface area contributed by atoms with Gasteiger partial charge in [-0.15, -0.1) is 23.2 Å². The lowest BCUT2D eigenvalue weighted by molar-refractivity contribution is 0.355. The molecule has 0 bridgehead atoms. The molecular formula is C8H12Cl2O3P+. The molecule has 0 spiro atoms. The van der Waals surface area contributed by atoms with E-state index in [1.54, 1.807) is 26.0 Å². The Morgan fingerprint density at radius 3 is 1.71 bits per heavy atom. The second kappa shape index (κ2) is 8.10. The Morgan fingerprint density at radius 2 is 1.43 bits per heavy atom. The van der Waals surface area contributed by atoms with Crippen LogP contribution >= 0.6 is 31.5 Å². The van der Waals surface area contributed by atoms with Gasteiger partial charge in [0.2, 0.25) is 0 Å². The summed E-state index contributed by atoms with van der Waals surface area (Å²) in [6.07, 6.45) is 5.58. The first-order chi connectivity index (χ1) is 6.52. The fourth-order valence-electron chi connectivity index (χ4n) is 0.411. The minimum Gasteiger partial charge on any atom is -0.230 e. The summed E-state index contributed by atoms with van der Waals surface area (Å²) < 4.78 is 20.2. The van der Waals surface area contributed by atoms with E-state index in [9.17, 15) is 4.57 Å². The monoisotopic (exact) mass is 257 g/mol. The second-order valence-corrected chi connectivity index (χ2v) is 4.69. The van der Waals surface area contributed by atoms with Gasteiger partial charge in [-0.3, -0.25) is 0 Å². The molecule has 0 fully saturated rings. The summed E-state index contributed by atoms with van der Waals surface area (Å²) in [6, 6.07) is 0. The maximum Gasteiger partial charge on any atom is 0.804 e. The van der Waals surface area contributed by atoms with Gasteiger partial charge in [-0.1, -0.05) is 0 Å². The molecule has 0 rings (SSSR count). The van der Waals surface area contributed by atoms with Gasteiger partial charge in [0.25, 0.3) is 0 Å². The van der Waals surface area contributed by atoms with Crippen LogP contribution in [0, 0.1) is 0 Å². The summed E-state index contributed by atoms with van der Waals surface area (Å²) in [5.41, 5.74) is 0. The molecule has 0 aliphatic carbocycles. The highest BCUT2D eigenvalue weighted by atomic mass is 35.5. The van der Waals surface area contributed by atoms with Crippen molar-refractivity contribution < 1.29 is 13.6 Å². The average molecular weight is 258 g/mol. The molecule has 2 unspecified atom stereocenters. The fourth-order valence-corrected chi connectivity index (χ4v) is 0.919. The van der Waals surface area contributed by atoms with Crippen molar-refractivity contribution >= 4 is 31.5 Å². The summed E-state index contributed by atoms with van der Waals surface area (Å²) in [5.74, 6) is 0. The minimum atomic E-state index is -2.18. The van der Waals surface area contributed by atoms with Crippen LogP contribution in [0.25, 0.3) is 0 Å². The van der Waals surface area contributed by atoms with Gasteiger partial charge in [-0.05, 0) is 26.0 Å². The molecule has 0 aromatic heterocycles. The van der Waals surface area contributed by atoms with Crippen LogP contribution in [0.1, 0.15) is 13.8 Å². The molecule has 3 nitrogen and oxygen atoms in total. The van der Waals surface area contributed by atoms with E-state index in [0.717, 1.165) is 0 Å². The molecule has 6 heteroatoms. The van der Waals surface area contributed by atoms with Crippen molar-refractivity contribution in [2.75, 3.05) is 0 Å². The van der Waals surface area contributed by atoms with Gasteiger partial charge in [-0.25, -0.2) is 9.05 Å². The van der Waals surface area contributed by atoms with E-state index in [1.165, 1.54) is 12.5 Å². The molecular weight excluding hydrogens is 246 g/mol. The van der Waals surface area contributed by atoms with E-state index in [4.69, 9.17) is 23.2 Å². The van der Waals surface area contributed by atoms with E-state index in [2.05, 4.69) is 9.05 Å². The van der Waals surface area contributed by atoms with Gasteiger partial charge >= 0.3 is 8.25 Å². The maximum atomic E-state index is 10.9. The Balaban J connectivity index is 3.66. The van der Waals surface area contributed by atoms with Crippen LogP contribution in [0.5, 0.6) is 0 Å². The Hall–Kier alpha value is -0.240. The van der Waals surface area contributed by atoms with Gasteiger partial charge < -0.3 is 0 Å². The van der Waals surface area contributed by atoms with Gasteiger partial charge in [0.15, 0.2) is 12.5 Å². The molecule has 0 aliphatic heterocycles. The predicted octanol–water partition coefficient (Wildman–Crippen LogP) is 3.96. The molecule has 0 saturated carbocycles. The molecule has 80 valence electrons. The summed E-state index contributed by atoms with van der Waals surface area (Å²) in [5, 5.41) is -0.339. The van der Waals surface area contributed by atoms with Crippen molar-refractivity contribution in [2.24, 2.45) is 0 Å². The van der Waals surface area contributed by atoms with Crippen molar-refractivity contribution in [1.29, 1.82) is 0 Å². The lowest BCUT2D eigenvalue weighted by Gasteiger charge is -1.87. The average Bonchev–Trinajstić information content (AvgIpc) is 2.02. The van der Waals surface area contributed by atoms with Crippen LogP contribution in [-0.2, 0) is 13.6 Å². The summed E-state index contributed by atoms with van der Waals surface area (Å²) in [7, 11) is -2.18. The topological polar surface area (TPSA) is 35.5 Å². The van der Waals surface area contributed by atoms with E-state index >= 15 is 0 Å². The molecule has 0 heterocycles. The van der Waals surface area contributed by atoms with E-state index in [0.29, 0.717) is 0 Å². The Morgan fingerprint density at radius 1 is 1.07 bits per heavy atom. The second-order valence-electron chi connectivity index (χ2n) is 2.45. The Kier molecular flexibility index (Phi) is 7.96.